The van der Waals surface area contributed by atoms with Crippen LogP contribution in [0.15, 0.2) is 12.1 Å². The molecule has 0 aromatic heterocycles. The van der Waals surface area contributed by atoms with E-state index in [2.05, 4.69) is 24.8 Å². The molecule has 1 aromatic rings. The highest BCUT2D eigenvalue weighted by Crippen LogP contribution is 2.33. The maximum Gasteiger partial charge on any atom is 0.101 e. The van der Waals surface area contributed by atoms with Crippen molar-refractivity contribution in [2.24, 2.45) is 11.8 Å². The second-order valence-corrected chi connectivity index (χ2v) is 5.83. The van der Waals surface area contributed by atoms with Crippen molar-refractivity contribution in [3.8, 4) is 12.1 Å². The summed E-state index contributed by atoms with van der Waals surface area (Å²) in [5, 5.41) is 18.6. The summed E-state index contributed by atoms with van der Waals surface area (Å²) in [5.41, 5.74) is 1.61. The molecule has 0 spiro atoms. The molecule has 2 atom stereocenters. The molecule has 3 nitrogen and oxygen atoms in total. The lowest BCUT2D eigenvalue weighted by molar-refractivity contribution is 0.357. The Balaban J connectivity index is 2.40. The van der Waals surface area contributed by atoms with Gasteiger partial charge in [0.15, 0.2) is 0 Å². The van der Waals surface area contributed by atoms with Gasteiger partial charge in [-0.2, -0.15) is 10.5 Å². The summed E-state index contributed by atoms with van der Waals surface area (Å²) < 4.78 is 0. The van der Waals surface area contributed by atoms with Crippen molar-refractivity contribution in [3.05, 3.63) is 28.3 Å². The van der Waals surface area contributed by atoms with Crippen LogP contribution in [0.2, 0.25) is 5.02 Å². The maximum atomic E-state index is 9.10. The van der Waals surface area contributed by atoms with Gasteiger partial charge in [-0.3, -0.25) is 0 Å². The van der Waals surface area contributed by atoms with Crippen molar-refractivity contribution < 1.29 is 0 Å². The first-order valence-electron chi connectivity index (χ1n) is 6.43. The highest BCUT2D eigenvalue weighted by Gasteiger charge is 2.24. The van der Waals surface area contributed by atoms with Crippen LogP contribution in [0.5, 0.6) is 0 Å². The fourth-order valence-electron chi connectivity index (χ4n) is 2.85. The topological polar surface area (TPSA) is 50.8 Å². The summed E-state index contributed by atoms with van der Waals surface area (Å²) in [6.45, 7) is 6.35. The lowest BCUT2D eigenvalue weighted by Crippen LogP contribution is -2.38. The first kappa shape index (κ1) is 13.7. The minimum Gasteiger partial charge on any atom is -0.370 e. The van der Waals surface area contributed by atoms with Crippen molar-refractivity contribution in [3.63, 3.8) is 0 Å². The van der Waals surface area contributed by atoms with Crippen LogP contribution in [0.1, 0.15) is 31.4 Å². The number of hydrogen-bond acceptors (Lipinski definition) is 3. The van der Waals surface area contributed by atoms with Crippen molar-refractivity contribution in [1.29, 1.82) is 10.5 Å². The minimum atomic E-state index is 0.342. The van der Waals surface area contributed by atoms with Crippen LogP contribution in [0.3, 0.4) is 0 Å². The number of benzene rings is 1. The number of piperidine rings is 1. The van der Waals surface area contributed by atoms with Gasteiger partial charge in [-0.25, -0.2) is 0 Å². The number of nitrogens with zero attached hydrogens (tertiary/aromatic N) is 3. The van der Waals surface area contributed by atoms with E-state index in [1.165, 1.54) is 6.42 Å². The van der Waals surface area contributed by atoms with Crippen molar-refractivity contribution in [2.45, 2.75) is 20.3 Å². The summed E-state index contributed by atoms with van der Waals surface area (Å²) in [6.07, 6.45) is 1.22. The van der Waals surface area contributed by atoms with Crippen LogP contribution in [0.25, 0.3) is 0 Å². The average molecular weight is 274 g/mol. The van der Waals surface area contributed by atoms with Crippen LogP contribution in [-0.4, -0.2) is 13.1 Å². The van der Waals surface area contributed by atoms with E-state index in [1.807, 2.05) is 6.07 Å². The zero-order chi connectivity index (χ0) is 14.0. The lowest BCUT2D eigenvalue weighted by atomic mass is 9.91. The fourth-order valence-corrected chi connectivity index (χ4v) is 3.13. The summed E-state index contributed by atoms with van der Waals surface area (Å²) in [7, 11) is 0. The molecule has 1 saturated heterocycles. The molecule has 98 valence electrons. The van der Waals surface area contributed by atoms with Gasteiger partial charge in [-0.05, 0) is 30.4 Å². The molecule has 1 aliphatic heterocycles. The van der Waals surface area contributed by atoms with Crippen molar-refractivity contribution in [1.82, 2.24) is 0 Å². The Morgan fingerprint density at radius 2 is 1.63 bits per heavy atom. The minimum absolute atomic E-state index is 0.342. The third-order valence-electron chi connectivity index (χ3n) is 3.54. The molecular formula is C15H16ClN3. The fraction of sp³-hybridized carbons (Fsp3) is 0.467. The zero-order valence-electron chi connectivity index (χ0n) is 11.2. The van der Waals surface area contributed by atoms with Crippen molar-refractivity contribution in [2.75, 3.05) is 18.0 Å². The van der Waals surface area contributed by atoms with Gasteiger partial charge in [0.05, 0.1) is 21.8 Å². The molecule has 0 bridgehead atoms. The Morgan fingerprint density at radius 3 is 2.16 bits per heavy atom. The normalized spacial score (nSPS) is 22.7. The molecule has 1 heterocycles. The van der Waals surface area contributed by atoms with E-state index in [0.717, 1.165) is 18.8 Å². The smallest absolute Gasteiger partial charge is 0.101 e. The van der Waals surface area contributed by atoms with E-state index in [9.17, 15) is 0 Å². The first-order chi connectivity index (χ1) is 9.05. The van der Waals surface area contributed by atoms with E-state index >= 15 is 0 Å². The van der Waals surface area contributed by atoms with E-state index < -0.39 is 0 Å². The molecule has 2 rings (SSSR count). The van der Waals surface area contributed by atoms with Gasteiger partial charge < -0.3 is 4.90 Å². The number of halogens is 1. The van der Waals surface area contributed by atoms with Gasteiger partial charge in [0.1, 0.15) is 12.1 Å². The third-order valence-corrected chi connectivity index (χ3v) is 3.84. The Hall–Kier alpha value is -1.71. The molecule has 19 heavy (non-hydrogen) atoms. The van der Waals surface area contributed by atoms with Crippen molar-refractivity contribution >= 4 is 17.3 Å². The second kappa shape index (κ2) is 5.51. The Labute approximate surface area is 119 Å². The van der Waals surface area contributed by atoms with Gasteiger partial charge in [-0.1, -0.05) is 25.4 Å². The lowest BCUT2D eigenvalue weighted by Gasteiger charge is -2.37. The largest absolute Gasteiger partial charge is 0.370 e. The summed E-state index contributed by atoms with van der Waals surface area (Å²) in [5.74, 6) is 1.22. The van der Waals surface area contributed by atoms with Crippen LogP contribution < -0.4 is 4.90 Å². The van der Waals surface area contributed by atoms with Crippen LogP contribution in [0.4, 0.5) is 5.69 Å². The quantitative estimate of drug-likeness (QED) is 0.786. The van der Waals surface area contributed by atoms with Crippen LogP contribution in [0, 0.1) is 34.5 Å². The average Bonchev–Trinajstić information content (AvgIpc) is 2.37. The van der Waals surface area contributed by atoms with Gasteiger partial charge in [0.25, 0.3) is 0 Å². The van der Waals surface area contributed by atoms with Crippen LogP contribution >= 0.6 is 11.6 Å². The predicted octanol–water partition coefficient (Wildman–Crippen LogP) is 3.57. The first-order valence-corrected chi connectivity index (χ1v) is 6.81. The van der Waals surface area contributed by atoms with E-state index in [-0.39, 0.29) is 0 Å². The van der Waals surface area contributed by atoms with E-state index in [4.69, 9.17) is 22.1 Å². The highest BCUT2D eigenvalue weighted by atomic mass is 35.5. The summed E-state index contributed by atoms with van der Waals surface area (Å²) in [4.78, 5) is 2.23. The number of rotatable bonds is 1. The molecule has 4 heteroatoms. The van der Waals surface area contributed by atoms with Gasteiger partial charge in [0, 0.05) is 13.1 Å². The Morgan fingerprint density at radius 1 is 1.11 bits per heavy atom. The van der Waals surface area contributed by atoms with Gasteiger partial charge in [0.2, 0.25) is 0 Å². The molecule has 0 unspecified atom stereocenters. The molecule has 0 amide bonds. The van der Waals surface area contributed by atoms with Crippen LogP contribution in [-0.2, 0) is 0 Å². The molecule has 0 aliphatic carbocycles. The standard InChI is InChI=1S/C15H16ClN3/c1-10-3-11(2)9-19(8-10)15-5-13(7-18)12(6-17)4-14(15)16/h4-5,10-11H,3,8-9H2,1-2H3/t10-,11-/m1/s1. The molecule has 1 aliphatic rings. The SMILES string of the molecule is C[C@@H]1C[C@@H](C)CN(c2cc(C#N)c(C#N)cc2Cl)C1. The van der Waals surface area contributed by atoms with E-state index in [0.29, 0.717) is 28.0 Å². The molecular weight excluding hydrogens is 258 g/mol. The Bertz CT molecular complexity index is 558. The molecule has 0 radical (unpaired) electrons. The third kappa shape index (κ3) is 2.83. The molecule has 1 aromatic carbocycles. The predicted molar refractivity (Wildman–Crippen MR) is 76.0 cm³/mol. The van der Waals surface area contributed by atoms with Gasteiger partial charge >= 0.3 is 0 Å². The molecule has 0 N–H and O–H groups in total. The zero-order valence-corrected chi connectivity index (χ0v) is 11.9. The second-order valence-electron chi connectivity index (χ2n) is 5.42. The number of hydrogen-bond donors (Lipinski definition) is 0. The molecule has 0 saturated carbocycles. The monoisotopic (exact) mass is 273 g/mol. The number of nitriles is 2. The Kier molecular flexibility index (Phi) is 3.98. The van der Waals surface area contributed by atoms with Gasteiger partial charge in [-0.15, -0.1) is 0 Å². The summed E-state index contributed by atoms with van der Waals surface area (Å²) >= 11 is 6.26. The highest BCUT2D eigenvalue weighted by molar-refractivity contribution is 6.33. The molecule has 1 fully saturated rings. The van der Waals surface area contributed by atoms with E-state index in [1.54, 1.807) is 12.1 Å². The number of anilines is 1. The maximum absolute atomic E-state index is 9.10. The summed E-state index contributed by atoms with van der Waals surface area (Å²) in [6, 6.07) is 7.42.